The number of ether oxygens (including phenoxy) is 1. The maximum absolute atomic E-state index is 12.8. The minimum Gasteiger partial charge on any atom is -0.466 e. The topological polar surface area (TPSA) is 103 Å². The van der Waals surface area contributed by atoms with Gasteiger partial charge in [-0.1, -0.05) is 0 Å². The number of hydrogen-bond donors (Lipinski definition) is 3. The Bertz CT molecular complexity index is 746. The van der Waals surface area contributed by atoms with Crippen molar-refractivity contribution in [1.82, 2.24) is 0 Å². The molecule has 148 valence electrons. The van der Waals surface area contributed by atoms with E-state index in [9.17, 15) is 14.4 Å². The van der Waals surface area contributed by atoms with E-state index < -0.39 is 5.91 Å². The quantitative estimate of drug-likeness (QED) is 0.612. The van der Waals surface area contributed by atoms with E-state index >= 15 is 0 Å². The summed E-state index contributed by atoms with van der Waals surface area (Å²) in [5.41, 5.74) is 7.05. The van der Waals surface area contributed by atoms with Gasteiger partial charge in [0.1, 0.15) is 10.9 Å². The Morgan fingerprint density at radius 3 is 2.81 bits per heavy atom. The van der Waals surface area contributed by atoms with Crippen molar-refractivity contribution in [3.63, 3.8) is 0 Å². The molecule has 7 nitrogen and oxygen atoms in total. The molecule has 1 saturated heterocycles. The van der Waals surface area contributed by atoms with Crippen molar-refractivity contribution in [3.8, 4) is 0 Å². The standard InChI is InChI=1S/C19H27N3O4S/c1-3-26-19(25)12-6-5-9-22(10-12)11(2)17(24)21-18-15(16(20)23)13-7-4-8-14(13)27-18/h11-12H,3-10H2,1-2H3,(H2,20,23)(H,21,24)/p+1/t11-,12-/m0/s1. The number of rotatable bonds is 6. The van der Waals surface area contributed by atoms with Crippen LogP contribution in [0.1, 0.15) is 53.9 Å². The van der Waals surface area contributed by atoms with Crippen LogP contribution in [0.2, 0.25) is 0 Å². The van der Waals surface area contributed by atoms with Crippen LogP contribution in [0, 0.1) is 5.92 Å². The van der Waals surface area contributed by atoms with E-state index in [1.54, 1.807) is 6.92 Å². The van der Waals surface area contributed by atoms with E-state index in [4.69, 9.17) is 10.5 Å². The van der Waals surface area contributed by atoms with Gasteiger partial charge < -0.3 is 20.7 Å². The van der Waals surface area contributed by atoms with Gasteiger partial charge in [0.2, 0.25) is 0 Å². The minimum atomic E-state index is -0.481. The molecular formula is C19H28N3O4S+. The number of nitrogens with one attached hydrogen (secondary N) is 2. The van der Waals surface area contributed by atoms with Crippen LogP contribution in [0.5, 0.6) is 0 Å². The monoisotopic (exact) mass is 394 g/mol. The lowest BCUT2D eigenvalue weighted by Gasteiger charge is -2.32. The summed E-state index contributed by atoms with van der Waals surface area (Å²) in [4.78, 5) is 39.0. The molecule has 2 heterocycles. The third-order valence-corrected chi connectivity index (χ3v) is 6.80. The van der Waals surface area contributed by atoms with E-state index in [0.717, 1.165) is 54.0 Å². The summed E-state index contributed by atoms with van der Waals surface area (Å²) in [6, 6.07) is -0.320. The summed E-state index contributed by atoms with van der Waals surface area (Å²) in [6.45, 7) is 5.48. The number of fused-ring (bicyclic) bond motifs is 1. The van der Waals surface area contributed by atoms with Gasteiger partial charge in [0.15, 0.2) is 6.04 Å². The second-order valence-corrected chi connectivity index (χ2v) is 8.45. The molecule has 2 aliphatic rings. The highest BCUT2D eigenvalue weighted by molar-refractivity contribution is 7.17. The van der Waals surface area contributed by atoms with Crippen molar-refractivity contribution in [1.29, 1.82) is 0 Å². The van der Waals surface area contributed by atoms with Crippen LogP contribution in [-0.4, -0.2) is 43.5 Å². The summed E-state index contributed by atoms with van der Waals surface area (Å²) >= 11 is 1.47. The average Bonchev–Trinajstić information content (AvgIpc) is 3.21. The minimum absolute atomic E-state index is 0.142. The second-order valence-electron chi connectivity index (χ2n) is 7.34. The van der Waals surface area contributed by atoms with Gasteiger partial charge in [-0.2, -0.15) is 0 Å². The molecule has 2 amide bonds. The lowest BCUT2D eigenvalue weighted by atomic mass is 9.97. The molecule has 4 N–H and O–H groups in total. The third kappa shape index (κ3) is 4.16. The van der Waals surface area contributed by atoms with Crippen LogP contribution in [0.4, 0.5) is 5.00 Å². The molecule has 0 aromatic carbocycles. The van der Waals surface area contributed by atoms with Gasteiger partial charge >= 0.3 is 5.97 Å². The fourth-order valence-corrected chi connectivity index (χ4v) is 5.41. The number of nitrogens with two attached hydrogens (primary N) is 1. The molecule has 3 atom stereocenters. The Kier molecular flexibility index (Phi) is 6.16. The van der Waals surface area contributed by atoms with Crippen LogP contribution < -0.4 is 16.0 Å². The average molecular weight is 395 g/mol. The number of likely N-dealkylation sites (tertiary alicyclic amines) is 1. The van der Waals surface area contributed by atoms with Crippen LogP contribution >= 0.6 is 11.3 Å². The highest BCUT2D eigenvalue weighted by atomic mass is 32.1. The van der Waals surface area contributed by atoms with Gasteiger partial charge in [0.05, 0.1) is 25.3 Å². The number of aryl methyl sites for hydroxylation is 1. The molecule has 1 fully saturated rings. The Balaban J connectivity index is 1.68. The van der Waals surface area contributed by atoms with E-state index in [1.165, 1.54) is 11.3 Å². The van der Waals surface area contributed by atoms with Gasteiger partial charge in [-0.25, -0.2) is 0 Å². The van der Waals surface area contributed by atoms with E-state index in [1.807, 2.05) is 6.92 Å². The van der Waals surface area contributed by atoms with E-state index in [0.29, 0.717) is 23.7 Å². The third-order valence-electron chi connectivity index (χ3n) is 5.59. The van der Waals surface area contributed by atoms with Crippen molar-refractivity contribution in [3.05, 3.63) is 16.0 Å². The Labute approximate surface area is 163 Å². The van der Waals surface area contributed by atoms with Crippen molar-refractivity contribution >= 4 is 34.1 Å². The first-order valence-electron chi connectivity index (χ1n) is 9.68. The number of carbonyl (C=O) groups is 3. The number of carbonyl (C=O) groups excluding carboxylic acids is 3. The number of primary amides is 1. The molecule has 1 unspecified atom stereocenters. The number of thiophene rings is 1. The molecule has 0 spiro atoms. The lowest BCUT2D eigenvalue weighted by molar-refractivity contribution is -0.921. The van der Waals surface area contributed by atoms with E-state index in [2.05, 4.69) is 5.32 Å². The Morgan fingerprint density at radius 2 is 2.11 bits per heavy atom. The second kappa shape index (κ2) is 8.39. The molecule has 1 aromatic rings. The van der Waals surface area contributed by atoms with Gasteiger partial charge in [-0.15, -0.1) is 11.3 Å². The fourth-order valence-electron chi connectivity index (χ4n) is 4.11. The molecular weight excluding hydrogens is 366 g/mol. The zero-order chi connectivity index (χ0) is 19.6. The molecule has 0 radical (unpaired) electrons. The molecule has 0 saturated carbocycles. The number of esters is 1. The number of amides is 2. The zero-order valence-electron chi connectivity index (χ0n) is 15.9. The van der Waals surface area contributed by atoms with E-state index in [-0.39, 0.29) is 23.8 Å². The molecule has 27 heavy (non-hydrogen) atoms. The summed E-state index contributed by atoms with van der Waals surface area (Å²) < 4.78 is 5.14. The van der Waals surface area contributed by atoms with Crippen molar-refractivity contribution in [2.75, 3.05) is 25.0 Å². The molecule has 1 aliphatic heterocycles. The molecule has 1 aliphatic carbocycles. The summed E-state index contributed by atoms with van der Waals surface area (Å²) in [5, 5.41) is 3.50. The van der Waals surface area contributed by atoms with Crippen molar-refractivity contribution in [2.45, 2.75) is 52.0 Å². The molecule has 0 bridgehead atoms. The van der Waals surface area contributed by atoms with Gasteiger partial charge in [0, 0.05) is 4.88 Å². The maximum Gasteiger partial charge on any atom is 0.314 e. The number of piperidine rings is 1. The van der Waals surface area contributed by atoms with Crippen LogP contribution in [0.25, 0.3) is 0 Å². The summed E-state index contributed by atoms with van der Waals surface area (Å²) in [5.74, 6) is -0.953. The predicted octanol–water partition coefficient (Wildman–Crippen LogP) is 0.521. The van der Waals surface area contributed by atoms with Crippen LogP contribution in [0.15, 0.2) is 0 Å². The Morgan fingerprint density at radius 1 is 1.33 bits per heavy atom. The first kappa shape index (κ1) is 19.8. The van der Waals surface area contributed by atoms with Gasteiger partial charge in [-0.05, 0) is 51.5 Å². The fraction of sp³-hybridized carbons (Fsp3) is 0.632. The first-order valence-corrected chi connectivity index (χ1v) is 10.5. The molecule has 8 heteroatoms. The van der Waals surface area contributed by atoms with Gasteiger partial charge in [0.25, 0.3) is 11.8 Å². The number of quaternary nitrogens is 1. The predicted molar refractivity (Wildman–Crippen MR) is 103 cm³/mol. The van der Waals surface area contributed by atoms with Crippen LogP contribution in [0.3, 0.4) is 0 Å². The highest BCUT2D eigenvalue weighted by Crippen LogP contribution is 2.38. The molecule has 3 rings (SSSR count). The van der Waals surface area contributed by atoms with Crippen LogP contribution in [-0.2, 0) is 27.2 Å². The molecule has 1 aromatic heterocycles. The largest absolute Gasteiger partial charge is 0.466 e. The van der Waals surface area contributed by atoms with Crippen molar-refractivity contribution in [2.24, 2.45) is 11.7 Å². The zero-order valence-corrected chi connectivity index (χ0v) is 16.7. The highest BCUT2D eigenvalue weighted by Gasteiger charge is 2.36. The number of anilines is 1. The smallest absolute Gasteiger partial charge is 0.314 e. The maximum atomic E-state index is 12.8. The SMILES string of the molecule is CCOC(=O)[C@H]1CCC[NH+]([C@@H](C)C(=O)Nc2sc3c(c2C(N)=O)CCC3)C1. The Hall–Kier alpha value is -1.93. The normalized spacial score (nSPS) is 22.7. The van der Waals surface area contributed by atoms with Gasteiger partial charge in [-0.3, -0.25) is 14.4 Å². The lowest BCUT2D eigenvalue weighted by Crippen LogP contribution is -3.18. The van der Waals surface area contributed by atoms with Crippen molar-refractivity contribution < 1.29 is 24.0 Å². The first-order chi connectivity index (χ1) is 12.9. The summed E-state index contributed by atoms with van der Waals surface area (Å²) in [7, 11) is 0. The summed E-state index contributed by atoms with van der Waals surface area (Å²) in [6.07, 6.45) is 4.49. The number of hydrogen-bond acceptors (Lipinski definition) is 5.